The van der Waals surface area contributed by atoms with Gasteiger partial charge in [-0.25, -0.2) is 0 Å². The molecule has 1 atom stereocenters. The number of aromatic nitrogens is 1. The Labute approximate surface area is 80.6 Å². The van der Waals surface area contributed by atoms with Crippen molar-refractivity contribution in [1.82, 2.24) is 4.98 Å². The Morgan fingerprint density at radius 3 is 3.00 bits per heavy atom. The molecule has 0 fully saturated rings. The fraction of sp³-hybridized carbons (Fsp3) is 0.250. The molecular formula is C8H9ClN2O2. The van der Waals surface area contributed by atoms with Crippen LogP contribution in [0, 0.1) is 0 Å². The number of nitrogens with one attached hydrogen (secondary N) is 1. The summed E-state index contributed by atoms with van der Waals surface area (Å²) in [5.74, 6) is -0.923. The van der Waals surface area contributed by atoms with Gasteiger partial charge in [0.1, 0.15) is 6.04 Å². The topological polar surface area (TPSA) is 62.2 Å². The van der Waals surface area contributed by atoms with Gasteiger partial charge >= 0.3 is 5.97 Å². The SMILES string of the molecule is C[C@@H](Nc1ccncc1Cl)C(=O)O. The molecule has 0 aliphatic carbocycles. The summed E-state index contributed by atoms with van der Waals surface area (Å²) in [6, 6.07) is 0.960. The number of rotatable bonds is 3. The molecule has 0 aliphatic rings. The highest BCUT2D eigenvalue weighted by molar-refractivity contribution is 6.33. The lowest BCUT2D eigenvalue weighted by atomic mass is 10.3. The van der Waals surface area contributed by atoms with Gasteiger partial charge in [-0.05, 0) is 13.0 Å². The third-order valence-electron chi connectivity index (χ3n) is 1.51. The van der Waals surface area contributed by atoms with Crippen LogP contribution in [-0.4, -0.2) is 22.1 Å². The van der Waals surface area contributed by atoms with Crippen LogP contribution in [0.1, 0.15) is 6.92 Å². The van der Waals surface area contributed by atoms with Crippen LogP contribution >= 0.6 is 11.6 Å². The molecule has 0 saturated carbocycles. The molecule has 1 rings (SSSR count). The van der Waals surface area contributed by atoms with Crippen molar-refractivity contribution in [1.29, 1.82) is 0 Å². The average Bonchev–Trinajstić information content (AvgIpc) is 2.08. The second-order valence-corrected chi connectivity index (χ2v) is 2.97. The number of hydrogen-bond acceptors (Lipinski definition) is 3. The maximum Gasteiger partial charge on any atom is 0.325 e. The predicted octanol–water partition coefficient (Wildman–Crippen LogP) is 1.62. The lowest BCUT2D eigenvalue weighted by Gasteiger charge is -2.11. The number of carboxylic acids is 1. The number of halogens is 1. The number of carbonyl (C=O) groups is 1. The van der Waals surface area contributed by atoms with Crippen LogP contribution in [0.25, 0.3) is 0 Å². The summed E-state index contributed by atoms with van der Waals surface area (Å²) in [5.41, 5.74) is 0.576. The fourth-order valence-electron chi connectivity index (χ4n) is 0.787. The Kier molecular flexibility index (Phi) is 3.08. The van der Waals surface area contributed by atoms with Crippen molar-refractivity contribution < 1.29 is 9.90 Å². The fourth-order valence-corrected chi connectivity index (χ4v) is 0.961. The Morgan fingerprint density at radius 1 is 1.77 bits per heavy atom. The smallest absolute Gasteiger partial charge is 0.325 e. The van der Waals surface area contributed by atoms with Crippen molar-refractivity contribution in [3.63, 3.8) is 0 Å². The van der Waals surface area contributed by atoms with Gasteiger partial charge in [-0.15, -0.1) is 0 Å². The molecule has 0 unspecified atom stereocenters. The molecule has 5 heteroatoms. The molecule has 0 saturated heterocycles. The molecule has 1 aromatic heterocycles. The van der Waals surface area contributed by atoms with Crippen LogP contribution in [0.3, 0.4) is 0 Å². The average molecular weight is 201 g/mol. The van der Waals surface area contributed by atoms with Gasteiger partial charge in [0.2, 0.25) is 0 Å². The first kappa shape index (κ1) is 9.80. The van der Waals surface area contributed by atoms with E-state index in [4.69, 9.17) is 16.7 Å². The van der Waals surface area contributed by atoms with E-state index in [1.807, 2.05) is 0 Å². The first-order valence-electron chi connectivity index (χ1n) is 3.70. The van der Waals surface area contributed by atoms with Gasteiger partial charge in [-0.2, -0.15) is 0 Å². The van der Waals surface area contributed by atoms with Gasteiger partial charge in [0.05, 0.1) is 10.7 Å². The Bertz CT molecular complexity index is 317. The molecule has 0 amide bonds. The van der Waals surface area contributed by atoms with E-state index in [2.05, 4.69) is 10.3 Å². The third kappa shape index (κ3) is 2.59. The zero-order valence-electron chi connectivity index (χ0n) is 6.99. The third-order valence-corrected chi connectivity index (χ3v) is 1.82. The van der Waals surface area contributed by atoms with Crippen molar-refractivity contribution >= 4 is 23.3 Å². The standard InChI is InChI=1S/C8H9ClN2O2/c1-5(8(12)13)11-7-2-3-10-4-6(7)9/h2-5H,1H3,(H,10,11)(H,12,13)/t5-/m1/s1. The number of anilines is 1. The normalized spacial score (nSPS) is 12.2. The highest BCUT2D eigenvalue weighted by atomic mass is 35.5. The summed E-state index contributed by atoms with van der Waals surface area (Å²) < 4.78 is 0. The van der Waals surface area contributed by atoms with Gasteiger partial charge in [-0.3, -0.25) is 9.78 Å². The van der Waals surface area contributed by atoms with E-state index in [1.165, 1.54) is 6.20 Å². The monoisotopic (exact) mass is 200 g/mol. The molecule has 0 aliphatic heterocycles. The largest absolute Gasteiger partial charge is 0.480 e. The molecule has 1 aromatic rings. The van der Waals surface area contributed by atoms with E-state index in [-0.39, 0.29) is 0 Å². The summed E-state index contributed by atoms with van der Waals surface area (Å²) in [6.07, 6.45) is 3.00. The summed E-state index contributed by atoms with van der Waals surface area (Å²) in [6.45, 7) is 1.54. The van der Waals surface area contributed by atoms with E-state index in [0.29, 0.717) is 10.7 Å². The van der Waals surface area contributed by atoms with E-state index >= 15 is 0 Å². The highest BCUT2D eigenvalue weighted by Crippen LogP contribution is 2.19. The van der Waals surface area contributed by atoms with Gasteiger partial charge < -0.3 is 10.4 Å². The van der Waals surface area contributed by atoms with Crippen molar-refractivity contribution in [2.75, 3.05) is 5.32 Å². The van der Waals surface area contributed by atoms with Crippen LogP contribution < -0.4 is 5.32 Å². The number of aliphatic carboxylic acids is 1. The second kappa shape index (κ2) is 4.09. The summed E-state index contributed by atoms with van der Waals surface area (Å²) in [7, 11) is 0. The van der Waals surface area contributed by atoms with E-state index in [0.717, 1.165) is 0 Å². The minimum atomic E-state index is -0.923. The van der Waals surface area contributed by atoms with E-state index < -0.39 is 12.0 Å². The number of nitrogens with zero attached hydrogens (tertiary/aromatic N) is 1. The molecule has 0 spiro atoms. The maximum atomic E-state index is 10.5. The second-order valence-electron chi connectivity index (χ2n) is 2.56. The van der Waals surface area contributed by atoms with Crippen LogP contribution in [-0.2, 0) is 4.79 Å². The molecule has 2 N–H and O–H groups in total. The zero-order valence-corrected chi connectivity index (χ0v) is 7.75. The van der Waals surface area contributed by atoms with Gasteiger partial charge in [-0.1, -0.05) is 11.6 Å². The molecule has 0 bridgehead atoms. The quantitative estimate of drug-likeness (QED) is 0.779. The van der Waals surface area contributed by atoms with Crippen molar-refractivity contribution in [2.45, 2.75) is 13.0 Å². The predicted molar refractivity (Wildman–Crippen MR) is 50.0 cm³/mol. The Hall–Kier alpha value is -1.29. The van der Waals surface area contributed by atoms with Crippen LogP contribution in [0.4, 0.5) is 5.69 Å². The minimum absolute atomic E-state index is 0.413. The Morgan fingerprint density at radius 2 is 2.46 bits per heavy atom. The van der Waals surface area contributed by atoms with Crippen LogP contribution in [0.2, 0.25) is 5.02 Å². The lowest BCUT2D eigenvalue weighted by molar-refractivity contribution is -0.137. The van der Waals surface area contributed by atoms with E-state index in [1.54, 1.807) is 19.2 Å². The highest BCUT2D eigenvalue weighted by Gasteiger charge is 2.11. The van der Waals surface area contributed by atoms with Crippen LogP contribution in [0.5, 0.6) is 0 Å². The molecule has 1 heterocycles. The number of pyridine rings is 1. The molecular weight excluding hydrogens is 192 g/mol. The first-order valence-corrected chi connectivity index (χ1v) is 4.08. The summed E-state index contributed by atoms with van der Waals surface area (Å²) in [4.78, 5) is 14.3. The van der Waals surface area contributed by atoms with Crippen molar-refractivity contribution in [3.05, 3.63) is 23.5 Å². The first-order chi connectivity index (χ1) is 6.11. The molecule has 4 nitrogen and oxygen atoms in total. The number of carboxylic acid groups (broad SMARTS) is 1. The molecule has 13 heavy (non-hydrogen) atoms. The lowest BCUT2D eigenvalue weighted by Crippen LogP contribution is -2.25. The molecule has 0 aromatic carbocycles. The number of hydrogen-bond donors (Lipinski definition) is 2. The zero-order chi connectivity index (χ0) is 9.84. The summed E-state index contributed by atoms with van der Waals surface area (Å²) in [5, 5.41) is 11.8. The van der Waals surface area contributed by atoms with E-state index in [9.17, 15) is 4.79 Å². The molecule has 0 radical (unpaired) electrons. The summed E-state index contributed by atoms with van der Waals surface area (Å²) >= 11 is 5.76. The van der Waals surface area contributed by atoms with Crippen molar-refractivity contribution in [3.8, 4) is 0 Å². The van der Waals surface area contributed by atoms with Gasteiger partial charge in [0.25, 0.3) is 0 Å². The molecule has 70 valence electrons. The van der Waals surface area contributed by atoms with Crippen molar-refractivity contribution in [2.24, 2.45) is 0 Å². The maximum absolute atomic E-state index is 10.5. The van der Waals surface area contributed by atoms with Gasteiger partial charge in [0, 0.05) is 12.4 Å². The minimum Gasteiger partial charge on any atom is -0.480 e. The van der Waals surface area contributed by atoms with Crippen LogP contribution in [0.15, 0.2) is 18.5 Å². The Balaban J connectivity index is 2.74. The van der Waals surface area contributed by atoms with Gasteiger partial charge in [0.15, 0.2) is 0 Å².